The standard InChI is InChI=1S/C14H19NO2.CH4/c1-13(2)16-8-14(9-17-13)7-10-5-3-4-6-11(10)12(14)15;/h3-6,12H,7-9,15H2,1-2H3;1H4. The van der Waals surface area contributed by atoms with Crippen molar-refractivity contribution in [3.63, 3.8) is 0 Å². The molecular formula is C15H23NO2. The van der Waals surface area contributed by atoms with Crippen LogP contribution in [0.2, 0.25) is 0 Å². The second-order valence-electron chi connectivity index (χ2n) is 5.69. The van der Waals surface area contributed by atoms with E-state index in [0.717, 1.165) is 6.42 Å². The van der Waals surface area contributed by atoms with Crippen molar-refractivity contribution in [2.45, 2.75) is 39.5 Å². The van der Waals surface area contributed by atoms with Crippen LogP contribution in [0.15, 0.2) is 24.3 Å². The Morgan fingerprint density at radius 1 is 1.17 bits per heavy atom. The third-order valence-electron chi connectivity index (χ3n) is 4.01. The Balaban J connectivity index is 0.00000120. The highest BCUT2D eigenvalue weighted by Gasteiger charge is 2.49. The second kappa shape index (κ2) is 4.34. The van der Waals surface area contributed by atoms with Gasteiger partial charge in [-0.2, -0.15) is 0 Å². The Morgan fingerprint density at radius 3 is 2.39 bits per heavy atom. The first-order valence-corrected chi connectivity index (χ1v) is 6.14. The molecule has 0 aromatic heterocycles. The van der Waals surface area contributed by atoms with Gasteiger partial charge in [-0.3, -0.25) is 0 Å². The van der Waals surface area contributed by atoms with E-state index in [1.165, 1.54) is 11.1 Å². The van der Waals surface area contributed by atoms with Gasteiger partial charge in [0.2, 0.25) is 0 Å². The van der Waals surface area contributed by atoms with Gasteiger partial charge in [-0.15, -0.1) is 0 Å². The van der Waals surface area contributed by atoms with E-state index in [4.69, 9.17) is 15.2 Å². The predicted molar refractivity (Wildman–Crippen MR) is 72.2 cm³/mol. The zero-order valence-electron chi connectivity index (χ0n) is 10.4. The van der Waals surface area contributed by atoms with Crippen LogP contribution in [0.4, 0.5) is 0 Å². The zero-order chi connectivity index (χ0) is 12.1. The molecule has 1 heterocycles. The summed E-state index contributed by atoms with van der Waals surface area (Å²) >= 11 is 0. The summed E-state index contributed by atoms with van der Waals surface area (Å²) in [4.78, 5) is 0. The van der Waals surface area contributed by atoms with Crippen LogP contribution in [0, 0.1) is 5.41 Å². The molecule has 2 N–H and O–H groups in total. The van der Waals surface area contributed by atoms with Crippen LogP contribution >= 0.6 is 0 Å². The van der Waals surface area contributed by atoms with Crippen molar-refractivity contribution in [2.75, 3.05) is 13.2 Å². The maximum Gasteiger partial charge on any atom is 0.162 e. The first-order valence-electron chi connectivity index (χ1n) is 6.14. The van der Waals surface area contributed by atoms with Crippen LogP contribution in [0.1, 0.15) is 38.4 Å². The number of benzene rings is 1. The summed E-state index contributed by atoms with van der Waals surface area (Å²) < 4.78 is 11.6. The topological polar surface area (TPSA) is 44.5 Å². The lowest BCUT2D eigenvalue weighted by atomic mass is 9.82. The molecule has 3 heteroatoms. The average Bonchev–Trinajstić information content (AvgIpc) is 2.58. The van der Waals surface area contributed by atoms with Gasteiger partial charge in [0.15, 0.2) is 5.79 Å². The molecule has 3 rings (SSSR count). The smallest absolute Gasteiger partial charge is 0.162 e. The average molecular weight is 249 g/mol. The maximum absolute atomic E-state index is 6.38. The van der Waals surface area contributed by atoms with Gasteiger partial charge in [0.05, 0.1) is 13.2 Å². The molecule has 1 aliphatic heterocycles. The SMILES string of the molecule is C.CC1(C)OCC2(CO1)Cc1ccccc1C2N. The second-order valence-corrected chi connectivity index (χ2v) is 5.69. The number of ether oxygens (including phenoxy) is 2. The zero-order valence-corrected chi connectivity index (χ0v) is 10.4. The molecule has 3 nitrogen and oxygen atoms in total. The van der Waals surface area contributed by atoms with Gasteiger partial charge >= 0.3 is 0 Å². The number of nitrogens with two attached hydrogens (primary N) is 1. The lowest BCUT2D eigenvalue weighted by Gasteiger charge is -2.43. The number of rotatable bonds is 0. The van der Waals surface area contributed by atoms with Crippen molar-refractivity contribution in [1.82, 2.24) is 0 Å². The van der Waals surface area contributed by atoms with E-state index in [0.29, 0.717) is 13.2 Å². The number of hydrogen-bond donors (Lipinski definition) is 1. The Kier molecular flexibility index (Phi) is 3.26. The minimum atomic E-state index is -0.472. The normalized spacial score (nSPS) is 27.6. The summed E-state index contributed by atoms with van der Waals surface area (Å²) in [6.07, 6.45) is 0.959. The van der Waals surface area contributed by atoms with E-state index < -0.39 is 5.79 Å². The van der Waals surface area contributed by atoms with Gasteiger partial charge in [0, 0.05) is 11.5 Å². The molecule has 0 bridgehead atoms. The maximum atomic E-state index is 6.38. The Morgan fingerprint density at radius 2 is 1.78 bits per heavy atom. The third-order valence-corrected chi connectivity index (χ3v) is 4.01. The molecule has 2 aliphatic rings. The van der Waals surface area contributed by atoms with E-state index in [-0.39, 0.29) is 18.9 Å². The third kappa shape index (κ3) is 1.96. The van der Waals surface area contributed by atoms with E-state index in [1.54, 1.807) is 0 Å². The molecule has 1 aromatic rings. The molecule has 0 amide bonds. The van der Waals surface area contributed by atoms with Gasteiger partial charge in [-0.05, 0) is 31.4 Å². The lowest BCUT2D eigenvalue weighted by molar-refractivity contribution is -0.287. The van der Waals surface area contributed by atoms with Crippen molar-refractivity contribution in [2.24, 2.45) is 11.1 Å². The first kappa shape index (κ1) is 13.5. The summed E-state index contributed by atoms with van der Waals surface area (Å²) in [6.45, 7) is 5.26. The lowest BCUT2D eigenvalue weighted by Crippen LogP contribution is -2.50. The molecule has 18 heavy (non-hydrogen) atoms. The molecule has 1 saturated heterocycles. The van der Waals surface area contributed by atoms with Gasteiger partial charge in [0.25, 0.3) is 0 Å². The summed E-state index contributed by atoms with van der Waals surface area (Å²) in [5.74, 6) is -0.472. The minimum Gasteiger partial charge on any atom is -0.350 e. The summed E-state index contributed by atoms with van der Waals surface area (Å²) in [5, 5.41) is 0. The van der Waals surface area contributed by atoms with Gasteiger partial charge < -0.3 is 15.2 Å². The van der Waals surface area contributed by atoms with E-state index >= 15 is 0 Å². The van der Waals surface area contributed by atoms with Gasteiger partial charge in [-0.1, -0.05) is 31.7 Å². The minimum absolute atomic E-state index is 0. The van der Waals surface area contributed by atoms with Crippen molar-refractivity contribution in [3.8, 4) is 0 Å². The largest absolute Gasteiger partial charge is 0.350 e. The molecule has 1 fully saturated rings. The number of hydrogen-bond acceptors (Lipinski definition) is 3. The summed E-state index contributed by atoms with van der Waals surface area (Å²) in [7, 11) is 0. The highest BCUT2D eigenvalue weighted by molar-refractivity contribution is 5.38. The summed E-state index contributed by atoms with van der Waals surface area (Å²) in [5.41, 5.74) is 8.90. The predicted octanol–water partition coefficient (Wildman–Crippen LogP) is 2.65. The Labute approximate surface area is 109 Å². The molecule has 100 valence electrons. The van der Waals surface area contributed by atoms with Crippen LogP contribution in [-0.4, -0.2) is 19.0 Å². The quantitative estimate of drug-likeness (QED) is 0.768. The van der Waals surface area contributed by atoms with Gasteiger partial charge in [-0.25, -0.2) is 0 Å². The molecule has 0 saturated carbocycles. The molecule has 1 unspecified atom stereocenters. The van der Waals surface area contributed by atoms with Gasteiger partial charge in [0.1, 0.15) is 0 Å². The van der Waals surface area contributed by atoms with Crippen LogP contribution in [0.3, 0.4) is 0 Å². The van der Waals surface area contributed by atoms with Crippen LogP contribution in [0.25, 0.3) is 0 Å². The van der Waals surface area contributed by atoms with Crippen LogP contribution in [-0.2, 0) is 15.9 Å². The molecule has 1 aromatic carbocycles. The molecule has 0 radical (unpaired) electrons. The van der Waals surface area contributed by atoms with Crippen molar-refractivity contribution in [1.29, 1.82) is 0 Å². The van der Waals surface area contributed by atoms with E-state index in [2.05, 4.69) is 18.2 Å². The monoisotopic (exact) mass is 249 g/mol. The van der Waals surface area contributed by atoms with Crippen LogP contribution < -0.4 is 5.73 Å². The van der Waals surface area contributed by atoms with Crippen LogP contribution in [0.5, 0.6) is 0 Å². The molecule has 1 aliphatic carbocycles. The molecular weight excluding hydrogens is 226 g/mol. The van der Waals surface area contributed by atoms with E-state index in [9.17, 15) is 0 Å². The van der Waals surface area contributed by atoms with Crippen molar-refractivity contribution in [3.05, 3.63) is 35.4 Å². The molecule has 1 spiro atoms. The number of fused-ring (bicyclic) bond motifs is 1. The fourth-order valence-electron chi connectivity index (χ4n) is 2.82. The highest BCUT2D eigenvalue weighted by Crippen LogP contribution is 2.47. The fourth-order valence-corrected chi connectivity index (χ4v) is 2.82. The molecule has 1 atom stereocenters. The van der Waals surface area contributed by atoms with E-state index in [1.807, 2.05) is 19.9 Å². The van der Waals surface area contributed by atoms with Crippen molar-refractivity contribution >= 4 is 0 Å². The van der Waals surface area contributed by atoms with Crippen molar-refractivity contribution < 1.29 is 9.47 Å². The summed E-state index contributed by atoms with van der Waals surface area (Å²) in [6, 6.07) is 8.42. The fraction of sp³-hybridized carbons (Fsp3) is 0.600. The first-order chi connectivity index (χ1) is 8.03. The Hall–Kier alpha value is -0.900. The Bertz CT molecular complexity index is 432. The highest BCUT2D eigenvalue weighted by atomic mass is 16.7.